The summed E-state index contributed by atoms with van der Waals surface area (Å²) in [4.78, 5) is 37.6. The average Bonchev–Trinajstić information content (AvgIpc) is 3.22. The summed E-state index contributed by atoms with van der Waals surface area (Å²) >= 11 is 0. The molecular formula is C29H37FN2O6. The van der Waals surface area contributed by atoms with Gasteiger partial charge in [-0.1, -0.05) is 55.4 Å². The number of ether oxygens (including phenoxy) is 2. The molecular weight excluding hydrogens is 491 g/mol. The van der Waals surface area contributed by atoms with Crippen molar-refractivity contribution in [1.82, 2.24) is 9.55 Å². The maximum absolute atomic E-state index is 13.7. The molecule has 9 heteroatoms. The van der Waals surface area contributed by atoms with Crippen molar-refractivity contribution in [3.05, 3.63) is 91.6 Å². The molecule has 1 aromatic rings. The SMILES string of the molecule is CC1=C(/C=C/C(C)=C/C=C/C(C)=C/C(=O)O[C@H]2C[C@H](n3cc(F)c(=O)[nH]c3=O)O[C@@H]2CO)C(C)(C)CCC1. The molecule has 0 bridgehead atoms. The normalized spacial score (nSPS) is 24.6. The molecule has 2 aliphatic rings. The van der Waals surface area contributed by atoms with Gasteiger partial charge in [-0.15, -0.1) is 0 Å². The van der Waals surface area contributed by atoms with E-state index in [9.17, 15) is 23.9 Å². The molecule has 38 heavy (non-hydrogen) atoms. The van der Waals surface area contributed by atoms with Crippen LogP contribution in [0.25, 0.3) is 0 Å². The molecule has 1 aromatic heterocycles. The third kappa shape index (κ3) is 7.39. The first-order valence-electron chi connectivity index (χ1n) is 12.8. The van der Waals surface area contributed by atoms with E-state index in [0.29, 0.717) is 5.57 Å². The number of H-pyrrole nitrogens is 1. The largest absolute Gasteiger partial charge is 0.456 e. The van der Waals surface area contributed by atoms with E-state index in [1.54, 1.807) is 13.0 Å². The summed E-state index contributed by atoms with van der Waals surface area (Å²) in [6.45, 7) is 10.1. The van der Waals surface area contributed by atoms with Gasteiger partial charge in [-0.25, -0.2) is 9.59 Å². The van der Waals surface area contributed by atoms with Crippen LogP contribution in [0.5, 0.6) is 0 Å². The highest BCUT2D eigenvalue weighted by atomic mass is 19.1. The van der Waals surface area contributed by atoms with Crippen LogP contribution in [0, 0.1) is 11.2 Å². The average molecular weight is 529 g/mol. The summed E-state index contributed by atoms with van der Waals surface area (Å²) in [6.07, 6.45) is 12.8. The highest BCUT2D eigenvalue weighted by Gasteiger charge is 2.39. The number of hydrogen-bond acceptors (Lipinski definition) is 6. The molecule has 0 amide bonds. The third-order valence-electron chi connectivity index (χ3n) is 6.98. The van der Waals surface area contributed by atoms with E-state index in [0.717, 1.165) is 22.8 Å². The Balaban J connectivity index is 1.60. The van der Waals surface area contributed by atoms with Gasteiger partial charge in [0.25, 0.3) is 5.56 Å². The van der Waals surface area contributed by atoms with Crippen molar-refractivity contribution in [3.63, 3.8) is 0 Å². The van der Waals surface area contributed by atoms with Crippen LogP contribution in [0.4, 0.5) is 4.39 Å². The van der Waals surface area contributed by atoms with Gasteiger partial charge in [0.2, 0.25) is 5.82 Å². The van der Waals surface area contributed by atoms with Crippen LogP contribution in [0.2, 0.25) is 0 Å². The first-order chi connectivity index (χ1) is 17.9. The maximum atomic E-state index is 13.7. The Morgan fingerprint density at radius 2 is 2.03 bits per heavy atom. The fourth-order valence-corrected chi connectivity index (χ4v) is 4.88. The number of allylic oxidation sites excluding steroid dienone is 9. The number of aliphatic hydroxyl groups excluding tert-OH is 1. The van der Waals surface area contributed by atoms with Gasteiger partial charge in [-0.2, -0.15) is 4.39 Å². The van der Waals surface area contributed by atoms with Crippen molar-refractivity contribution in [2.45, 2.75) is 78.7 Å². The number of carbonyl (C=O) groups excluding carboxylic acids is 1. The van der Waals surface area contributed by atoms with Crippen molar-refractivity contribution in [2.75, 3.05) is 6.61 Å². The van der Waals surface area contributed by atoms with Crippen LogP contribution in [0.1, 0.15) is 66.5 Å². The lowest BCUT2D eigenvalue weighted by Crippen LogP contribution is -2.34. The second-order valence-corrected chi connectivity index (χ2v) is 10.6. The van der Waals surface area contributed by atoms with Crippen LogP contribution in [0.15, 0.2) is 74.5 Å². The molecule has 206 valence electrons. The fourth-order valence-electron chi connectivity index (χ4n) is 4.88. The molecule has 0 saturated carbocycles. The quantitative estimate of drug-likeness (QED) is 0.294. The molecule has 0 radical (unpaired) electrons. The number of rotatable bonds is 8. The summed E-state index contributed by atoms with van der Waals surface area (Å²) in [5.74, 6) is -1.79. The standard InChI is InChI=1S/C29H37FN2O6/c1-18(11-12-21-20(3)10-7-13-29(21,4)5)8-6-9-19(2)14-26(34)38-23-15-25(37-24(23)17-33)32-16-22(30)27(35)31-28(32)36/h6,8-9,11-12,14,16,23-25,33H,7,10,13,15,17H2,1-5H3,(H,31,35,36)/b9-6+,12-11+,18-8+,19-14+/t23-,24+,25+/m0/s1. The predicted molar refractivity (Wildman–Crippen MR) is 143 cm³/mol. The minimum Gasteiger partial charge on any atom is -0.456 e. The molecule has 2 N–H and O–H groups in total. The zero-order valence-corrected chi connectivity index (χ0v) is 22.6. The molecule has 1 saturated heterocycles. The molecule has 0 unspecified atom stereocenters. The Labute approximate surface area is 221 Å². The fraction of sp³-hybridized carbons (Fsp3) is 0.483. The van der Waals surface area contributed by atoms with Gasteiger partial charge >= 0.3 is 11.7 Å². The van der Waals surface area contributed by atoms with Gasteiger partial charge in [0.15, 0.2) is 0 Å². The molecule has 1 aliphatic carbocycles. The predicted octanol–water partition coefficient (Wildman–Crippen LogP) is 4.40. The van der Waals surface area contributed by atoms with Crippen LogP contribution >= 0.6 is 0 Å². The highest BCUT2D eigenvalue weighted by Crippen LogP contribution is 2.40. The number of nitrogens with one attached hydrogen (secondary N) is 1. The van der Waals surface area contributed by atoms with Crippen molar-refractivity contribution in [1.29, 1.82) is 0 Å². The third-order valence-corrected chi connectivity index (χ3v) is 6.98. The Kier molecular flexibility index (Phi) is 9.62. The van der Waals surface area contributed by atoms with E-state index < -0.39 is 48.1 Å². The van der Waals surface area contributed by atoms with Gasteiger partial charge in [-0.3, -0.25) is 14.3 Å². The molecule has 1 fully saturated rings. The van der Waals surface area contributed by atoms with E-state index >= 15 is 0 Å². The van der Waals surface area contributed by atoms with Crippen LogP contribution in [0.3, 0.4) is 0 Å². The monoisotopic (exact) mass is 528 g/mol. The molecule has 3 rings (SSSR count). The number of esters is 1. The molecule has 0 spiro atoms. The lowest BCUT2D eigenvalue weighted by Gasteiger charge is -2.32. The van der Waals surface area contributed by atoms with Gasteiger partial charge in [0, 0.05) is 12.5 Å². The molecule has 3 atom stereocenters. The Bertz CT molecular complexity index is 1310. The van der Waals surface area contributed by atoms with E-state index in [1.165, 1.54) is 30.1 Å². The van der Waals surface area contributed by atoms with Crippen molar-refractivity contribution >= 4 is 5.97 Å². The Morgan fingerprint density at radius 3 is 2.71 bits per heavy atom. The molecule has 1 aliphatic heterocycles. The van der Waals surface area contributed by atoms with E-state index in [2.05, 4.69) is 32.9 Å². The van der Waals surface area contributed by atoms with Crippen molar-refractivity contribution in [2.24, 2.45) is 5.41 Å². The maximum Gasteiger partial charge on any atom is 0.331 e. The highest BCUT2D eigenvalue weighted by molar-refractivity contribution is 5.83. The zero-order chi connectivity index (χ0) is 28.0. The van der Waals surface area contributed by atoms with E-state index in [-0.39, 0.29) is 11.8 Å². The number of aliphatic hydroxyl groups is 1. The van der Waals surface area contributed by atoms with Crippen LogP contribution in [-0.4, -0.2) is 39.4 Å². The Morgan fingerprint density at radius 1 is 1.29 bits per heavy atom. The van der Waals surface area contributed by atoms with Crippen molar-refractivity contribution < 1.29 is 23.8 Å². The molecule has 8 nitrogen and oxygen atoms in total. The number of hydrogen-bond donors (Lipinski definition) is 2. The Hall–Kier alpha value is -3.30. The van der Waals surface area contributed by atoms with Crippen LogP contribution in [-0.2, 0) is 14.3 Å². The second-order valence-electron chi connectivity index (χ2n) is 10.6. The van der Waals surface area contributed by atoms with E-state index in [1.807, 2.05) is 24.1 Å². The first kappa shape index (κ1) is 29.3. The number of aromatic nitrogens is 2. The van der Waals surface area contributed by atoms with Gasteiger partial charge < -0.3 is 14.6 Å². The smallest absolute Gasteiger partial charge is 0.331 e. The zero-order valence-electron chi connectivity index (χ0n) is 22.6. The van der Waals surface area contributed by atoms with Gasteiger partial charge in [0.05, 0.1) is 12.8 Å². The number of carbonyl (C=O) groups is 1. The summed E-state index contributed by atoms with van der Waals surface area (Å²) in [6, 6.07) is 0. The van der Waals surface area contributed by atoms with Gasteiger partial charge in [-0.05, 0) is 56.6 Å². The summed E-state index contributed by atoms with van der Waals surface area (Å²) < 4.78 is 25.5. The lowest BCUT2D eigenvalue weighted by atomic mass is 9.72. The number of halogens is 1. The molecule has 2 heterocycles. The van der Waals surface area contributed by atoms with E-state index in [4.69, 9.17) is 9.47 Å². The summed E-state index contributed by atoms with van der Waals surface area (Å²) in [5.41, 5.74) is 2.75. The summed E-state index contributed by atoms with van der Waals surface area (Å²) in [5, 5.41) is 9.63. The molecule has 0 aromatic carbocycles. The second kappa shape index (κ2) is 12.5. The minimum atomic E-state index is -1.15. The number of nitrogens with zero attached hydrogens (tertiary/aromatic N) is 1. The van der Waals surface area contributed by atoms with Crippen molar-refractivity contribution in [3.8, 4) is 0 Å². The van der Waals surface area contributed by atoms with Crippen LogP contribution < -0.4 is 11.2 Å². The topological polar surface area (TPSA) is 111 Å². The number of aromatic amines is 1. The first-order valence-corrected chi connectivity index (χ1v) is 12.8. The van der Waals surface area contributed by atoms with Gasteiger partial charge in [0.1, 0.15) is 18.4 Å². The minimum absolute atomic E-state index is 0.00602. The lowest BCUT2D eigenvalue weighted by molar-refractivity contribution is -0.147. The summed E-state index contributed by atoms with van der Waals surface area (Å²) in [7, 11) is 0.